The average molecular weight is 251 g/mol. The van der Waals surface area contributed by atoms with Gasteiger partial charge in [-0.15, -0.1) is 0 Å². The molecule has 0 fully saturated rings. The molecule has 0 saturated heterocycles. The Labute approximate surface area is 107 Å². The van der Waals surface area contributed by atoms with Crippen molar-refractivity contribution in [3.05, 3.63) is 35.4 Å². The Kier molecular flexibility index (Phi) is 5.82. The maximum atomic E-state index is 10.5. The van der Waals surface area contributed by atoms with Gasteiger partial charge >= 0.3 is 5.97 Å². The molecule has 0 aliphatic carbocycles. The van der Waals surface area contributed by atoms with Crippen LogP contribution in [0.5, 0.6) is 0 Å². The summed E-state index contributed by atoms with van der Waals surface area (Å²) in [6.45, 7) is 1.77. The van der Waals surface area contributed by atoms with E-state index >= 15 is 0 Å². The number of nitrogens with two attached hydrogens (primary N) is 1. The first-order valence-corrected chi connectivity index (χ1v) is 6.23. The maximum Gasteiger partial charge on any atom is 0.303 e. The first-order valence-electron chi connectivity index (χ1n) is 6.23. The summed E-state index contributed by atoms with van der Waals surface area (Å²) in [6, 6.07) is 7.61. The molecule has 0 aromatic heterocycles. The van der Waals surface area contributed by atoms with Crippen LogP contribution in [0.1, 0.15) is 43.4 Å². The molecule has 0 heterocycles. The molecule has 2 unspecified atom stereocenters. The third-order valence-corrected chi connectivity index (χ3v) is 2.93. The van der Waals surface area contributed by atoms with Gasteiger partial charge in [0.1, 0.15) is 0 Å². The third kappa shape index (κ3) is 5.29. The fourth-order valence-corrected chi connectivity index (χ4v) is 1.75. The first kappa shape index (κ1) is 14.7. The Hall–Kier alpha value is -1.39. The summed E-state index contributed by atoms with van der Waals surface area (Å²) >= 11 is 0. The second-order valence-electron chi connectivity index (χ2n) is 4.67. The van der Waals surface area contributed by atoms with E-state index in [1.165, 1.54) is 0 Å². The molecular weight excluding hydrogens is 230 g/mol. The zero-order chi connectivity index (χ0) is 13.5. The first-order chi connectivity index (χ1) is 8.49. The Bertz CT molecular complexity index is 373. The van der Waals surface area contributed by atoms with Gasteiger partial charge in [0.15, 0.2) is 0 Å². The van der Waals surface area contributed by atoms with Crippen molar-refractivity contribution in [2.24, 2.45) is 5.73 Å². The lowest BCUT2D eigenvalue weighted by Crippen LogP contribution is -2.12. The van der Waals surface area contributed by atoms with Gasteiger partial charge in [-0.05, 0) is 37.3 Å². The third-order valence-electron chi connectivity index (χ3n) is 2.93. The zero-order valence-corrected chi connectivity index (χ0v) is 10.7. The number of carboxylic acids is 1. The van der Waals surface area contributed by atoms with E-state index in [1.54, 1.807) is 6.92 Å². The van der Waals surface area contributed by atoms with Crippen molar-refractivity contribution < 1.29 is 15.0 Å². The van der Waals surface area contributed by atoms with E-state index in [4.69, 9.17) is 10.8 Å². The summed E-state index contributed by atoms with van der Waals surface area (Å²) in [5.74, 6) is -0.820. The molecule has 100 valence electrons. The minimum absolute atomic E-state index is 0.0882. The van der Waals surface area contributed by atoms with Crippen molar-refractivity contribution in [3.8, 4) is 0 Å². The number of hydrogen-bond donors (Lipinski definition) is 3. The molecule has 1 rings (SSSR count). The van der Waals surface area contributed by atoms with Gasteiger partial charge in [-0.3, -0.25) is 4.79 Å². The molecule has 1 aromatic rings. The molecule has 1 aromatic carbocycles. The van der Waals surface area contributed by atoms with Gasteiger partial charge in [0.25, 0.3) is 0 Å². The van der Waals surface area contributed by atoms with Gasteiger partial charge in [-0.2, -0.15) is 0 Å². The van der Waals surface area contributed by atoms with Gasteiger partial charge in [0, 0.05) is 12.5 Å². The number of aryl methyl sites for hydroxylation is 1. The molecular formula is C14H21NO3. The molecule has 0 radical (unpaired) electrons. The highest BCUT2D eigenvalue weighted by atomic mass is 16.4. The number of aliphatic hydroxyl groups is 1. The number of hydrogen-bond acceptors (Lipinski definition) is 3. The smallest absolute Gasteiger partial charge is 0.303 e. The predicted octanol–water partition coefficient (Wildman–Crippen LogP) is 1.86. The summed E-state index contributed by atoms with van der Waals surface area (Å²) in [6.07, 6.45) is 1.82. The van der Waals surface area contributed by atoms with Crippen LogP contribution < -0.4 is 5.73 Å². The highest BCUT2D eigenvalue weighted by Crippen LogP contribution is 2.17. The van der Waals surface area contributed by atoms with Crippen LogP contribution in [-0.2, 0) is 11.2 Å². The summed E-state index contributed by atoms with van der Waals surface area (Å²) < 4.78 is 0. The van der Waals surface area contributed by atoms with Gasteiger partial charge in [-0.25, -0.2) is 0 Å². The van der Waals surface area contributed by atoms with E-state index in [0.717, 1.165) is 24.0 Å². The van der Waals surface area contributed by atoms with E-state index in [1.807, 2.05) is 24.3 Å². The Balaban J connectivity index is 2.51. The quantitative estimate of drug-likeness (QED) is 0.690. The maximum absolute atomic E-state index is 10.5. The van der Waals surface area contributed by atoms with Crippen LogP contribution in [0.2, 0.25) is 0 Å². The van der Waals surface area contributed by atoms with Gasteiger partial charge in [0.2, 0.25) is 0 Å². The van der Waals surface area contributed by atoms with Crippen LogP contribution >= 0.6 is 0 Å². The second kappa shape index (κ2) is 7.13. The average Bonchev–Trinajstić information content (AvgIpc) is 2.34. The van der Waals surface area contributed by atoms with Crippen molar-refractivity contribution in [2.75, 3.05) is 0 Å². The highest BCUT2D eigenvalue weighted by molar-refractivity contribution is 5.66. The summed E-state index contributed by atoms with van der Waals surface area (Å²) in [4.78, 5) is 10.5. The van der Waals surface area contributed by atoms with Crippen LogP contribution in [0.3, 0.4) is 0 Å². The lowest BCUT2D eigenvalue weighted by atomic mass is 9.99. The number of rotatable bonds is 7. The topological polar surface area (TPSA) is 83.5 Å². The summed E-state index contributed by atoms with van der Waals surface area (Å²) in [7, 11) is 0. The molecule has 2 atom stereocenters. The van der Waals surface area contributed by atoms with Crippen molar-refractivity contribution >= 4 is 5.97 Å². The number of carboxylic acid groups (broad SMARTS) is 1. The largest absolute Gasteiger partial charge is 0.481 e. The second-order valence-corrected chi connectivity index (χ2v) is 4.67. The minimum Gasteiger partial charge on any atom is -0.481 e. The van der Waals surface area contributed by atoms with Gasteiger partial charge in [-0.1, -0.05) is 24.3 Å². The monoisotopic (exact) mass is 251 g/mol. The molecule has 0 bridgehead atoms. The van der Waals surface area contributed by atoms with E-state index in [2.05, 4.69) is 0 Å². The fourth-order valence-electron chi connectivity index (χ4n) is 1.75. The van der Waals surface area contributed by atoms with E-state index in [0.29, 0.717) is 6.42 Å². The number of carbonyl (C=O) groups is 1. The van der Waals surface area contributed by atoms with Crippen LogP contribution in [0.25, 0.3) is 0 Å². The SMILES string of the molecule is CC(O)CCc1ccc(C(N)CCC(=O)O)cc1. The standard InChI is InChI=1S/C14H21NO3/c1-10(16)2-3-11-4-6-12(7-5-11)13(15)8-9-14(17)18/h4-7,10,13,16H,2-3,8-9,15H2,1H3,(H,17,18). The summed E-state index contributed by atoms with van der Waals surface area (Å²) in [5, 5.41) is 17.8. The van der Waals surface area contributed by atoms with Crippen molar-refractivity contribution in [3.63, 3.8) is 0 Å². The van der Waals surface area contributed by atoms with E-state index < -0.39 is 5.97 Å². The van der Waals surface area contributed by atoms with Gasteiger partial charge in [0.05, 0.1) is 6.10 Å². The number of benzene rings is 1. The number of aliphatic carboxylic acids is 1. The predicted molar refractivity (Wildman–Crippen MR) is 70.2 cm³/mol. The summed E-state index contributed by atoms with van der Waals surface area (Å²) in [5.41, 5.74) is 8.03. The Morgan fingerprint density at radius 1 is 1.28 bits per heavy atom. The van der Waals surface area contributed by atoms with Crippen LogP contribution in [0, 0.1) is 0 Å². The molecule has 4 N–H and O–H groups in total. The van der Waals surface area contributed by atoms with E-state index in [9.17, 15) is 9.90 Å². The lowest BCUT2D eigenvalue weighted by Gasteiger charge is -2.11. The minimum atomic E-state index is -0.820. The molecule has 18 heavy (non-hydrogen) atoms. The molecule has 0 aliphatic heterocycles. The number of aliphatic hydroxyl groups excluding tert-OH is 1. The fraction of sp³-hybridized carbons (Fsp3) is 0.500. The Morgan fingerprint density at radius 2 is 1.89 bits per heavy atom. The lowest BCUT2D eigenvalue weighted by molar-refractivity contribution is -0.137. The van der Waals surface area contributed by atoms with Crippen LogP contribution in [0.15, 0.2) is 24.3 Å². The normalized spacial score (nSPS) is 14.2. The van der Waals surface area contributed by atoms with Crippen LogP contribution in [-0.4, -0.2) is 22.3 Å². The zero-order valence-electron chi connectivity index (χ0n) is 10.7. The molecule has 4 heteroatoms. The van der Waals surface area contributed by atoms with E-state index in [-0.39, 0.29) is 18.6 Å². The van der Waals surface area contributed by atoms with Crippen molar-refractivity contribution in [2.45, 2.75) is 44.8 Å². The molecule has 0 amide bonds. The van der Waals surface area contributed by atoms with Crippen molar-refractivity contribution in [1.29, 1.82) is 0 Å². The molecule has 4 nitrogen and oxygen atoms in total. The van der Waals surface area contributed by atoms with Gasteiger partial charge < -0.3 is 15.9 Å². The van der Waals surface area contributed by atoms with Crippen LogP contribution in [0.4, 0.5) is 0 Å². The molecule has 0 saturated carbocycles. The van der Waals surface area contributed by atoms with Crippen molar-refractivity contribution in [1.82, 2.24) is 0 Å². The highest BCUT2D eigenvalue weighted by Gasteiger charge is 2.08. The Morgan fingerprint density at radius 3 is 2.39 bits per heavy atom. The molecule has 0 aliphatic rings. The molecule has 0 spiro atoms.